The van der Waals surface area contributed by atoms with Gasteiger partial charge in [-0.15, -0.1) is 5.10 Å². The minimum Gasteiger partial charge on any atom is -0.481 e. The molecule has 23 heavy (non-hydrogen) atoms. The molecule has 0 radical (unpaired) electrons. The van der Waals surface area contributed by atoms with Crippen LogP contribution in [-0.4, -0.2) is 44.9 Å². The Hall–Kier alpha value is -1.24. The van der Waals surface area contributed by atoms with Crippen LogP contribution in [0.4, 0.5) is 0 Å². The van der Waals surface area contributed by atoms with Crippen LogP contribution in [0.3, 0.4) is 0 Å². The third-order valence-corrected chi connectivity index (χ3v) is 5.67. The molecular weight excluding hydrogens is 321 g/mol. The Labute approximate surface area is 136 Å². The largest absolute Gasteiger partial charge is 0.481 e. The smallest absolute Gasteiger partial charge is 0.345 e. The first-order chi connectivity index (χ1) is 11.0. The lowest BCUT2D eigenvalue weighted by Crippen LogP contribution is -2.26. The second-order valence-corrected chi connectivity index (χ2v) is 7.33. The number of aryl methyl sites for hydroxylation is 1. The van der Waals surface area contributed by atoms with Gasteiger partial charge >= 0.3 is 13.6 Å². The van der Waals surface area contributed by atoms with Crippen molar-refractivity contribution in [2.24, 2.45) is 0 Å². The minimum atomic E-state index is -3.74. The standard InChI is InChI=1S/C14H26N3O5P/c1-4-7-8-9-17-11-12(15-16-17)10-13(14(18)19)23(20,21-5-2)22-6-3/h11,13H,4-10H2,1-3H3,(H,18,19). The molecule has 8 nitrogen and oxygen atoms in total. The third-order valence-electron chi connectivity index (χ3n) is 3.26. The summed E-state index contributed by atoms with van der Waals surface area (Å²) >= 11 is 0. The van der Waals surface area contributed by atoms with Crippen LogP contribution in [0.5, 0.6) is 0 Å². The molecular formula is C14H26N3O5P. The first-order valence-corrected chi connectivity index (χ1v) is 9.58. The summed E-state index contributed by atoms with van der Waals surface area (Å²) in [6.07, 6.45) is 4.83. The lowest BCUT2D eigenvalue weighted by molar-refractivity contribution is -0.137. The summed E-state index contributed by atoms with van der Waals surface area (Å²) in [5, 5.41) is 17.4. The van der Waals surface area contributed by atoms with Gasteiger partial charge in [-0.05, 0) is 20.3 Å². The summed E-state index contributed by atoms with van der Waals surface area (Å²) in [7, 11) is -3.74. The summed E-state index contributed by atoms with van der Waals surface area (Å²) in [6, 6.07) is 0. The average molecular weight is 347 g/mol. The van der Waals surface area contributed by atoms with E-state index in [1.165, 1.54) is 0 Å². The highest BCUT2D eigenvalue weighted by molar-refractivity contribution is 7.55. The van der Waals surface area contributed by atoms with Gasteiger partial charge in [-0.25, -0.2) is 0 Å². The summed E-state index contributed by atoms with van der Waals surface area (Å²) in [6.45, 7) is 6.37. The summed E-state index contributed by atoms with van der Waals surface area (Å²) in [5.41, 5.74) is -0.822. The van der Waals surface area contributed by atoms with Crippen LogP contribution in [0.25, 0.3) is 0 Å². The molecule has 9 heteroatoms. The maximum absolute atomic E-state index is 12.7. The highest BCUT2D eigenvalue weighted by Crippen LogP contribution is 2.54. The molecule has 132 valence electrons. The molecule has 1 N–H and O–H groups in total. The van der Waals surface area contributed by atoms with E-state index in [0.29, 0.717) is 5.69 Å². The maximum atomic E-state index is 12.7. The molecule has 0 amide bonds. The monoisotopic (exact) mass is 347 g/mol. The van der Waals surface area contributed by atoms with Crippen molar-refractivity contribution in [2.45, 2.75) is 58.7 Å². The molecule has 0 saturated carbocycles. The maximum Gasteiger partial charge on any atom is 0.345 e. The molecule has 1 atom stereocenters. The van der Waals surface area contributed by atoms with E-state index in [9.17, 15) is 14.5 Å². The molecule has 0 saturated heterocycles. The number of nitrogens with zero attached hydrogens (tertiary/aromatic N) is 3. The summed E-state index contributed by atoms with van der Waals surface area (Å²) in [4.78, 5) is 11.5. The van der Waals surface area contributed by atoms with Gasteiger partial charge in [0.25, 0.3) is 0 Å². The molecule has 0 aliphatic heterocycles. The molecule has 1 aromatic rings. The van der Waals surface area contributed by atoms with Gasteiger partial charge in [0, 0.05) is 19.2 Å². The second kappa shape index (κ2) is 9.80. The van der Waals surface area contributed by atoms with Crippen LogP contribution >= 0.6 is 7.60 Å². The highest BCUT2D eigenvalue weighted by Gasteiger charge is 2.41. The van der Waals surface area contributed by atoms with Gasteiger partial charge in [0.15, 0.2) is 5.66 Å². The quantitative estimate of drug-likeness (QED) is 0.458. The lowest BCUT2D eigenvalue weighted by Gasteiger charge is -2.22. The van der Waals surface area contributed by atoms with Gasteiger partial charge in [0.2, 0.25) is 0 Å². The number of rotatable bonds is 12. The van der Waals surface area contributed by atoms with Gasteiger partial charge in [-0.1, -0.05) is 25.0 Å². The van der Waals surface area contributed by atoms with Gasteiger partial charge < -0.3 is 14.2 Å². The number of carboxylic acids is 1. The minimum absolute atomic E-state index is 0.0413. The van der Waals surface area contributed by atoms with Crippen molar-refractivity contribution in [3.8, 4) is 0 Å². The number of hydrogen-bond donors (Lipinski definition) is 1. The molecule has 0 aliphatic carbocycles. The summed E-state index contributed by atoms with van der Waals surface area (Å²) < 4.78 is 24.7. The fraction of sp³-hybridized carbons (Fsp3) is 0.786. The molecule has 1 rings (SSSR count). The Morgan fingerprint density at radius 1 is 1.30 bits per heavy atom. The Morgan fingerprint density at radius 2 is 1.96 bits per heavy atom. The predicted octanol–water partition coefficient (Wildman–Crippen LogP) is 2.73. The number of carbonyl (C=O) groups is 1. The van der Waals surface area contributed by atoms with E-state index in [4.69, 9.17) is 9.05 Å². The number of hydrogen-bond acceptors (Lipinski definition) is 6. The lowest BCUT2D eigenvalue weighted by atomic mass is 10.2. The second-order valence-electron chi connectivity index (χ2n) is 5.11. The fourth-order valence-electron chi connectivity index (χ4n) is 2.17. The van der Waals surface area contributed by atoms with Crippen LogP contribution in [0, 0.1) is 0 Å². The van der Waals surface area contributed by atoms with Gasteiger partial charge in [0.1, 0.15) is 0 Å². The molecule has 0 fully saturated rings. The molecule has 1 unspecified atom stereocenters. The first-order valence-electron chi connectivity index (χ1n) is 7.97. The van der Waals surface area contributed by atoms with E-state index >= 15 is 0 Å². The van der Waals surface area contributed by atoms with Crippen LogP contribution in [0.15, 0.2) is 6.20 Å². The van der Waals surface area contributed by atoms with Gasteiger partial charge in [-0.2, -0.15) is 0 Å². The molecule has 0 aromatic carbocycles. The van der Waals surface area contributed by atoms with E-state index < -0.39 is 19.2 Å². The molecule has 0 aliphatic rings. The molecule has 1 heterocycles. The topological polar surface area (TPSA) is 104 Å². The van der Waals surface area contributed by atoms with Crippen molar-refractivity contribution < 1.29 is 23.5 Å². The van der Waals surface area contributed by atoms with E-state index in [-0.39, 0.29) is 19.6 Å². The van der Waals surface area contributed by atoms with E-state index in [2.05, 4.69) is 17.2 Å². The zero-order valence-corrected chi connectivity index (χ0v) is 14.9. The van der Waals surface area contributed by atoms with Gasteiger partial charge in [0.05, 0.1) is 18.9 Å². The van der Waals surface area contributed by atoms with Crippen LogP contribution in [0.2, 0.25) is 0 Å². The average Bonchev–Trinajstić information content (AvgIpc) is 2.93. The van der Waals surface area contributed by atoms with Crippen molar-refractivity contribution >= 4 is 13.6 Å². The van der Waals surface area contributed by atoms with E-state index in [1.54, 1.807) is 24.7 Å². The number of aliphatic carboxylic acids is 1. The van der Waals surface area contributed by atoms with Crippen LogP contribution in [0.1, 0.15) is 45.7 Å². The third kappa shape index (κ3) is 6.05. The van der Waals surface area contributed by atoms with Crippen molar-refractivity contribution in [3.63, 3.8) is 0 Å². The molecule has 1 aromatic heterocycles. The Balaban J connectivity index is 2.83. The SMILES string of the molecule is CCCCCn1cc(CC(C(=O)O)P(=O)(OCC)OCC)nn1. The zero-order chi connectivity index (χ0) is 17.3. The molecule has 0 spiro atoms. The Morgan fingerprint density at radius 3 is 2.48 bits per heavy atom. The van der Waals surface area contributed by atoms with Crippen LogP contribution < -0.4 is 0 Å². The number of unbranched alkanes of at least 4 members (excludes halogenated alkanes) is 2. The fourth-order valence-corrected chi connectivity index (χ4v) is 4.01. The van der Waals surface area contributed by atoms with Crippen molar-refractivity contribution in [2.75, 3.05) is 13.2 Å². The van der Waals surface area contributed by atoms with Crippen molar-refractivity contribution in [1.82, 2.24) is 15.0 Å². The predicted molar refractivity (Wildman–Crippen MR) is 85.5 cm³/mol. The Kier molecular flexibility index (Phi) is 8.44. The van der Waals surface area contributed by atoms with Crippen molar-refractivity contribution in [3.05, 3.63) is 11.9 Å². The Bertz CT molecular complexity index is 524. The molecule has 0 bridgehead atoms. The van der Waals surface area contributed by atoms with Gasteiger partial charge in [-0.3, -0.25) is 14.0 Å². The first kappa shape index (κ1) is 19.8. The highest BCUT2D eigenvalue weighted by atomic mass is 31.2. The number of carboxylic acid groups (broad SMARTS) is 1. The number of aromatic nitrogens is 3. The van der Waals surface area contributed by atoms with Crippen molar-refractivity contribution in [1.29, 1.82) is 0 Å². The zero-order valence-electron chi connectivity index (χ0n) is 14.0. The summed E-state index contributed by atoms with van der Waals surface area (Å²) in [5.74, 6) is -1.23. The van der Waals surface area contributed by atoms with Crippen LogP contribution in [-0.2, 0) is 31.4 Å². The van der Waals surface area contributed by atoms with E-state index in [0.717, 1.165) is 25.8 Å². The van der Waals surface area contributed by atoms with E-state index in [1.807, 2.05) is 0 Å². The normalized spacial score (nSPS) is 13.2.